The highest BCUT2D eigenvalue weighted by molar-refractivity contribution is 9.10. The average Bonchev–Trinajstić information content (AvgIpc) is 1.99. The van der Waals surface area contributed by atoms with Crippen molar-refractivity contribution in [1.29, 1.82) is 0 Å². The third-order valence-corrected chi connectivity index (χ3v) is 4.64. The number of primary sulfonamides is 1. The second-order valence-corrected chi connectivity index (χ2v) is 7.31. The number of sulfone groups is 1. The van der Waals surface area contributed by atoms with E-state index < -0.39 is 19.9 Å². The molecule has 0 spiro atoms. The van der Waals surface area contributed by atoms with Crippen LogP contribution < -0.4 is 5.14 Å². The summed E-state index contributed by atoms with van der Waals surface area (Å²) in [5.74, 6) is 0. The molecule has 15 heavy (non-hydrogen) atoms. The van der Waals surface area contributed by atoms with E-state index in [0.29, 0.717) is 0 Å². The third-order valence-electron chi connectivity index (χ3n) is 1.64. The van der Waals surface area contributed by atoms with Crippen LogP contribution in [0.5, 0.6) is 0 Å². The number of benzene rings is 1. The molecule has 1 aromatic carbocycles. The van der Waals surface area contributed by atoms with Crippen molar-refractivity contribution < 1.29 is 16.8 Å². The smallest absolute Gasteiger partial charge is 0.225 e. The van der Waals surface area contributed by atoms with Gasteiger partial charge in [0.05, 0.1) is 9.79 Å². The minimum Gasteiger partial charge on any atom is -0.225 e. The van der Waals surface area contributed by atoms with Crippen LogP contribution in [0.15, 0.2) is 32.5 Å². The Hall–Kier alpha value is -0.440. The fraction of sp³-hybridized carbons (Fsp3) is 0.143. The minimum atomic E-state index is -3.84. The maximum absolute atomic E-state index is 11.1. The van der Waals surface area contributed by atoms with Gasteiger partial charge in [-0.2, -0.15) is 0 Å². The van der Waals surface area contributed by atoms with Crippen LogP contribution in [0.2, 0.25) is 0 Å². The summed E-state index contributed by atoms with van der Waals surface area (Å²) in [7, 11) is -7.19. The molecule has 0 unspecified atom stereocenters. The Bertz CT molecular complexity index is 591. The van der Waals surface area contributed by atoms with Crippen molar-refractivity contribution in [3.63, 3.8) is 0 Å². The summed E-state index contributed by atoms with van der Waals surface area (Å²) >= 11 is 2.95. The van der Waals surface area contributed by atoms with Crippen molar-refractivity contribution in [2.45, 2.75) is 9.79 Å². The van der Waals surface area contributed by atoms with Crippen LogP contribution in [-0.4, -0.2) is 23.1 Å². The maximum Gasteiger partial charge on any atom is 0.239 e. The average molecular weight is 314 g/mol. The fourth-order valence-corrected chi connectivity index (χ4v) is 3.39. The van der Waals surface area contributed by atoms with E-state index in [9.17, 15) is 16.8 Å². The molecule has 5 nitrogen and oxygen atoms in total. The zero-order chi connectivity index (χ0) is 11.9. The van der Waals surface area contributed by atoms with Crippen molar-refractivity contribution in [2.75, 3.05) is 6.26 Å². The molecule has 0 aliphatic heterocycles. The normalized spacial score (nSPS) is 12.7. The number of sulfonamides is 1. The highest BCUT2D eigenvalue weighted by Crippen LogP contribution is 2.24. The van der Waals surface area contributed by atoms with Crippen LogP contribution in [0.25, 0.3) is 0 Å². The SMILES string of the molecule is CS(=O)(=O)c1ccc(S(N)(=O)=O)c(Br)c1. The van der Waals surface area contributed by atoms with E-state index >= 15 is 0 Å². The maximum atomic E-state index is 11.1. The Balaban J connectivity index is 3.47. The summed E-state index contributed by atoms with van der Waals surface area (Å²) < 4.78 is 44.4. The molecular weight excluding hydrogens is 306 g/mol. The summed E-state index contributed by atoms with van der Waals surface area (Å²) in [6.07, 6.45) is 1.03. The van der Waals surface area contributed by atoms with Gasteiger partial charge in [-0.05, 0) is 34.1 Å². The first-order chi connectivity index (χ1) is 6.62. The highest BCUT2D eigenvalue weighted by atomic mass is 79.9. The van der Waals surface area contributed by atoms with Crippen LogP contribution >= 0.6 is 15.9 Å². The molecule has 0 saturated heterocycles. The standard InChI is InChI=1S/C7H8BrNO4S2/c1-14(10,11)5-2-3-7(6(8)4-5)15(9,12)13/h2-4H,1H3,(H2,9,12,13). The molecular formula is C7H8BrNO4S2. The zero-order valence-corrected chi connectivity index (χ0v) is 10.9. The largest absolute Gasteiger partial charge is 0.239 e. The Morgan fingerprint density at radius 2 is 1.73 bits per heavy atom. The first-order valence-electron chi connectivity index (χ1n) is 3.65. The zero-order valence-electron chi connectivity index (χ0n) is 7.64. The first kappa shape index (κ1) is 12.6. The van der Waals surface area contributed by atoms with Crippen molar-refractivity contribution >= 4 is 35.8 Å². The lowest BCUT2D eigenvalue weighted by Gasteiger charge is -2.03. The Labute approximate surface area is 96.4 Å². The number of halogens is 1. The monoisotopic (exact) mass is 313 g/mol. The van der Waals surface area contributed by atoms with E-state index in [1.807, 2.05) is 0 Å². The van der Waals surface area contributed by atoms with E-state index in [2.05, 4.69) is 15.9 Å². The van der Waals surface area contributed by atoms with Crippen molar-refractivity contribution in [3.8, 4) is 0 Å². The molecule has 8 heteroatoms. The van der Waals surface area contributed by atoms with Gasteiger partial charge in [-0.25, -0.2) is 22.0 Å². The van der Waals surface area contributed by atoms with Gasteiger partial charge in [-0.3, -0.25) is 0 Å². The van der Waals surface area contributed by atoms with Crippen LogP contribution in [0.4, 0.5) is 0 Å². The highest BCUT2D eigenvalue weighted by Gasteiger charge is 2.15. The van der Waals surface area contributed by atoms with Crippen LogP contribution in [0, 0.1) is 0 Å². The van der Waals surface area contributed by atoms with E-state index in [1.54, 1.807) is 0 Å². The Morgan fingerprint density at radius 3 is 2.07 bits per heavy atom. The molecule has 0 radical (unpaired) electrons. The quantitative estimate of drug-likeness (QED) is 0.860. The van der Waals surface area contributed by atoms with E-state index in [-0.39, 0.29) is 14.3 Å². The lowest BCUT2D eigenvalue weighted by molar-refractivity contribution is 0.595. The van der Waals surface area contributed by atoms with Gasteiger partial charge < -0.3 is 0 Å². The van der Waals surface area contributed by atoms with Gasteiger partial charge >= 0.3 is 0 Å². The number of hydrogen-bond donors (Lipinski definition) is 1. The number of hydrogen-bond acceptors (Lipinski definition) is 4. The summed E-state index contributed by atoms with van der Waals surface area (Å²) in [6.45, 7) is 0. The van der Waals surface area contributed by atoms with Gasteiger partial charge in [0.2, 0.25) is 10.0 Å². The van der Waals surface area contributed by atoms with Gasteiger partial charge in [0, 0.05) is 10.7 Å². The summed E-state index contributed by atoms with van der Waals surface area (Å²) in [5, 5.41) is 4.91. The van der Waals surface area contributed by atoms with Gasteiger partial charge in [0.1, 0.15) is 0 Å². The summed E-state index contributed by atoms with van der Waals surface area (Å²) in [5.41, 5.74) is 0. The van der Waals surface area contributed by atoms with E-state index in [0.717, 1.165) is 12.3 Å². The van der Waals surface area contributed by atoms with Gasteiger partial charge in [-0.1, -0.05) is 0 Å². The molecule has 0 saturated carbocycles. The second kappa shape index (κ2) is 3.85. The molecule has 0 fully saturated rings. The van der Waals surface area contributed by atoms with E-state index in [1.165, 1.54) is 12.1 Å². The molecule has 0 atom stereocenters. The summed E-state index contributed by atoms with van der Waals surface area (Å²) in [6, 6.07) is 3.55. The molecule has 1 aromatic rings. The van der Waals surface area contributed by atoms with Crippen LogP contribution in [-0.2, 0) is 19.9 Å². The molecule has 0 aromatic heterocycles. The molecule has 0 bridgehead atoms. The lowest BCUT2D eigenvalue weighted by Crippen LogP contribution is -2.13. The molecule has 84 valence electrons. The second-order valence-electron chi connectivity index (χ2n) is 2.91. The molecule has 0 heterocycles. The van der Waals surface area contributed by atoms with Crippen LogP contribution in [0.3, 0.4) is 0 Å². The van der Waals surface area contributed by atoms with Crippen molar-refractivity contribution in [1.82, 2.24) is 0 Å². The molecule has 2 N–H and O–H groups in total. The van der Waals surface area contributed by atoms with Gasteiger partial charge in [0.15, 0.2) is 9.84 Å². The van der Waals surface area contributed by atoms with Crippen molar-refractivity contribution in [3.05, 3.63) is 22.7 Å². The van der Waals surface area contributed by atoms with Crippen LogP contribution in [0.1, 0.15) is 0 Å². The summed E-state index contributed by atoms with van der Waals surface area (Å²) in [4.78, 5) is -0.114. The number of nitrogens with two attached hydrogens (primary N) is 1. The van der Waals surface area contributed by atoms with Gasteiger partial charge in [0.25, 0.3) is 0 Å². The topological polar surface area (TPSA) is 94.3 Å². The first-order valence-corrected chi connectivity index (χ1v) is 7.88. The van der Waals surface area contributed by atoms with Crippen molar-refractivity contribution in [2.24, 2.45) is 5.14 Å². The predicted molar refractivity (Wildman–Crippen MR) is 58.6 cm³/mol. The lowest BCUT2D eigenvalue weighted by atomic mass is 10.4. The van der Waals surface area contributed by atoms with E-state index in [4.69, 9.17) is 5.14 Å². The molecule has 0 aliphatic carbocycles. The molecule has 0 amide bonds. The Morgan fingerprint density at radius 1 is 1.20 bits per heavy atom. The molecule has 1 rings (SSSR count). The van der Waals surface area contributed by atoms with Gasteiger partial charge in [-0.15, -0.1) is 0 Å². The number of rotatable bonds is 2. The molecule has 0 aliphatic rings. The fourth-order valence-electron chi connectivity index (χ4n) is 0.943. The third kappa shape index (κ3) is 3.00. The predicted octanol–water partition coefficient (Wildman–Crippen LogP) is 0.500. The Kier molecular flexibility index (Phi) is 3.24. The minimum absolute atomic E-state index is 0.0294.